The first-order valence-electron chi connectivity index (χ1n) is 0.617. The van der Waals surface area contributed by atoms with E-state index in [0.29, 0.717) is 0 Å². The maximum atomic E-state index is 8.58. The SMILES string of the molecule is [Co+2].[Li+].[Ni+2].[Ni+2].[O]=[Mn](=[O])([O-])[O-]. The van der Waals surface area contributed by atoms with Crippen LogP contribution in [-0.2, 0) is 70.8 Å². The van der Waals surface area contributed by atoms with Crippen molar-refractivity contribution in [3.8, 4) is 0 Å². The van der Waals surface area contributed by atoms with E-state index >= 15 is 0 Å². The minimum atomic E-state index is -5.62. The maximum absolute atomic E-state index is 8.58. The van der Waals surface area contributed by atoms with Crippen molar-refractivity contribution < 1.29 is 98.0 Å². The van der Waals surface area contributed by atoms with Crippen molar-refractivity contribution in [1.82, 2.24) is 0 Å². The molecule has 0 saturated carbocycles. The van der Waals surface area contributed by atoms with Crippen LogP contribution in [0.3, 0.4) is 0 Å². The molecule has 0 saturated heterocycles. The van der Waals surface area contributed by atoms with Crippen molar-refractivity contribution in [3.05, 3.63) is 0 Å². The summed E-state index contributed by atoms with van der Waals surface area (Å²) in [6.45, 7) is 0. The van der Waals surface area contributed by atoms with E-state index in [4.69, 9.17) is 16.0 Å². The molecular formula is CoLiMnNi2O4+5. The molecule has 0 aliphatic carbocycles. The van der Waals surface area contributed by atoms with Crippen molar-refractivity contribution in [1.29, 1.82) is 0 Å². The fourth-order valence-electron chi connectivity index (χ4n) is 0. The van der Waals surface area contributed by atoms with E-state index in [0.717, 1.165) is 0 Å². The van der Waals surface area contributed by atoms with Crippen LogP contribution in [0.5, 0.6) is 0 Å². The third-order valence-electron chi connectivity index (χ3n) is 0. The summed E-state index contributed by atoms with van der Waals surface area (Å²) in [5.41, 5.74) is 0. The van der Waals surface area contributed by atoms with E-state index in [-0.39, 0.29) is 68.6 Å². The minimum absolute atomic E-state index is 0. The van der Waals surface area contributed by atoms with E-state index in [2.05, 4.69) is 0 Å². The fraction of sp³-hybridized carbons (Fsp3) is 0. The van der Waals surface area contributed by atoms with Gasteiger partial charge in [0.1, 0.15) is 0 Å². The summed E-state index contributed by atoms with van der Waals surface area (Å²) in [5, 5.41) is 0. The van der Waals surface area contributed by atoms with Gasteiger partial charge in [0, 0.05) is 0 Å². The topological polar surface area (TPSA) is 80.3 Å². The van der Waals surface area contributed by atoms with E-state index < -0.39 is 13.4 Å². The zero-order valence-corrected chi connectivity index (χ0v) is 8.17. The Morgan fingerprint density at radius 3 is 1.00 bits per heavy atom. The molecule has 0 aromatic heterocycles. The molecule has 1 radical (unpaired) electrons. The van der Waals surface area contributed by atoms with Crippen molar-refractivity contribution in [3.63, 3.8) is 0 Å². The van der Waals surface area contributed by atoms with Gasteiger partial charge in [-0.25, -0.2) is 0 Å². The Labute approximate surface area is 97.0 Å². The molecule has 0 unspecified atom stereocenters. The molecule has 9 heteroatoms. The van der Waals surface area contributed by atoms with Crippen LogP contribution >= 0.6 is 0 Å². The van der Waals surface area contributed by atoms with Crippen LogP contribution in [0.1, 0.15) is 0 Å². The molecule has 0 aromatic carbocycles. The summed E-state index contributed by atoms with van der Waals surface area (Å²) in [6, 6.07) is 0. The predicted molar refractivity (Wildman–Crippen MR) is 1.37 cm³/mol. The molecule has 0 amide bonds. The number of hydrogen-bond acceptors (Lipinski definition) is 4. The Hall–Kier alpha value is 2.13. The molecule has 0 aromatic rings. The number of rotatable bonds is 0. The van der Waals surface area contributed by atoms with E-state index in [1.165, 1.54) is 0 Å². The molecule has 0 fully saturated rings. The molecule has 0 bridgehead atoms. The first-order chi connectivity index (χ1) is 2.00. The van der Waals surface area contributed by atoms with Gasteiger partial charge in [-0.2, -0.15) is 0 Å². The Kier molecular flexibility index (Phi) is 43.1. The molecule has 9 heavy (non-hydrogen) atoms. The van der Waals surface area contributed by atoms with Gasteiger partial charge in [-0.3, -0.25) is 0 Å². The Morgan fingerprint density at radius 1 is 1.00 bits per heavy atom. The molecule has 0 atom stereocenters. The quantitative estimate of drug-likeness (QED) is 0.418. The van der Waals surface area contributed by atoms with Gasteiger partial charge >= 0.3 is 98.0 Å². The summed E-state index contributed by atoms with van der Waals surface area (Å²) in [6.07, 6.45) is 0. The van der Waals surface area contributed by atoms with E-state index in [1.807, 2.05) is 0 Å². The van der Waals surface area contributed by atoms with E-state index in [1.54, 1.807) is 0 Å². The Morgan fingerprint density at radius 2 is 1.00 bits per heavy atom. The Bertz CT molecular complexity index is 102. The van der Waals surface area contributed by atoms with Gasteiger partial charge in [0.25, 0.3) is 0 Å². The summed E-state index contributed by atoms with van der Waals surface area (Å²) in [7, 11) is 0. The standard InChI is InChI=1S/Co.Li.Mn.2Ni.4O/q+2;+1;;2*+2;;;2*-1. The average Bonchev–Trinajstić information content (AvgIpc) is 0.722. The van der Waals surface area contributed by atoms with Gasteiger partial charge in [0.2, 0.25) is 0 Å². The first-order valence-corrected chi connectivity index (χ1v) is 2.54. The second-order valence-electron chi connectivity index (χ2n) is 0.378. The monoisotopic (exact) mass is 301 g/mol. The molecule has 0 aliphatic rings. The van der Waals surface area contributed by atoms with Crippen molar-refractivity contribution in [2.45, 2.75) is 0 Å². The molecule has 0 spiro atoms. The first kappa shape index (κ1) is 30.4. The fourth-order valence-corrected chi connectivity index (χ4v) is 0. The van der Waals surface area contributed by atoms with Crippen LogP contribution in [0.4, 0.5) is 0 Å². The third kappa shape index (κ3) is 148. The van der Waals surface area contributed by atoms with Crippen LogP contribution in [-0.4, -0.2) is 0 Å². The van der Waals surface area contributed by atoms with Gasteiger partial charge < -0.3 is 0 Å². The molecule has 56 valence electrons. The number of hydrogen-bond donors (Lipinski definition) is 0. The van der Waals surface area contributed by atoms with E-state index in [9.17, 15) is 0 Å². The molecule has 0 heterocycles. The third-order valence-corrected chi connectivity index (χ3v) is 0. The summed E-state index contributed by atoms with van der Waals surface area (Å²) in [5.74, 6) is 0. The molecule has 0 aliphatic heterocycles. The van der Waals surface area contributed by atoms with Crippen molar-refractivity contribution in [2.24, 2.45) is 0 Å². The molecule has 0 rings (SSSR count). The van der Waals surface area contributed by atoms with Crippen molar-refractivity contribution >= 4 is 0 Å². The zero-order valence-electron chi connectivity index (χ0n) is 3.98. The second-order valence-corrected chi connectivity index (χ2v) is 1.56. The van der Waals surface area contributed by atoms with Crippen molar-refractivity contribution in [2.75, 3.05) is 0 Å². The average molecular weight is 302 g/mol. The molecular weight excluding hydrogens is 302 g/mol. The van der Waals surface area contributed by atoms with Gasteiger partial charge in [-0.15, -0.1) is 0 Å². The van der Waals surface area contributed by atoms with Gasteiger partial charge in [-0.1, -0.05) is 0 Å². The van der Waals surface area contributed by atoms with Gasteiger partial charge in [0.05, 0.1) is 0 Å². The molecule has 4 nitrogen and oxygen atoms in total. The van der Waals surface area contributed by atoms with Gasteiger partial charge in [0.15, 0.2) is 0 Å². The summed E-state index contributed by atoms with van der Waals surface area (Å²) in [4.78, 5) is 0. The summed E-state index contributed by atoms with van der Waals surface area (Å²) >= 11 is -5.62. The predicted octanol–water partition coefficient (Wildman–Crippen LogP) is -5.62. The second kappa shape index (κ2) is 12.8. The van der Waals surface area contributed by atoms with Gasteiger partial charge in [-0.05, 0) is 0 Å². The zero-order chi connectivity index (χ0) is 4.50. The van der Waals surface area contributed by atoms with Crippen LogP contribution in [0.15, 0.2) is 0 Å². The normalized spacial score (nSPS) is 6.44. The summed E-state index contributed by atoms with van der Waals surface area (Å²) < 4.78 is 34.3. The molecule has 0 N–H and O–H groups in total. The van der Waals surface area contributed by atoms with Crippen LogP contribution in [0.2, 0.25) is 0 Å². The van der Waals surface area contributed by atoms with Crippen LogP contribution in [0, 0.1) is 0 Å². The van der Waals surface area contributed by atoms with Crippen LogP contribution in [0.25, 0.3) is 0 Å². The Balaban J connectivity index is -0.0000000133. The van der Waals surface area contributed by atoms with Crippen LogP contribution < -0.4 is 27.2 Å².